The van der Waals surface area contributed by atoms with Crippen LogP contribution in [0.5, 0.6) is 0 Å². The predicted molar refractivity (Wildman–Crippen MR) is 51.0 cm³/mol. The molecule has 0 saturated heterocycles. The number of nitrogen functional groups attached to an aromatic ring is 1. The SMILES string of the molecule is CCc1cc(N)ccc1CCO. The van der Waals surface area contributed by atoms with Crippen molar-refractivity contribution in [1.29, 1.82) is 0 Å². The molecule has 1 rings (SSSR count). The molecule has 0 aliphatic heterocycles. The largest absolute Gasteiger partial charge is 0.399 e. The molecular formula is C10H15NO. The zero-order valence-electron chi connectivity index (χ0n) is 7.38. The Bertz CT molecular complexity index is 258. The number of benzene rings is 1. The van der Waals surface area contributed by atoms with E-state index < -0.39 is 0 Å². The minimum Gasteiger partial charge on any atom is -0.399 e. The van der Waals surface area contributed by atoms with Gasteiger partial charge in [-0.05, 0) is 36.1 Å². The van der Waals surface area contributed by atoms with E-state index >= 15 is 0 Å². The highest BCUT2D eigenvalue weighted by Gasteiger charge is 1.99. The van der Waals surface area contributed by atoms with Gasteiger partial charge in [-0.2, -0.15) is 0 Å². The zero-order chi connectivity index (χ0) is 8.97. The summed E-state index contributed by atoms with van der Waals surface area (Å²) in [6.07, 6.45) is 1.70. The van der Waals surface area contributed by atoms with Crippen molar-refractivity contribution < 1.29 is 5.11 Å². The van der Waals surface area contributed by atoms with Gasteiger partial charge in [-0.1, -0.05) is 13.0 Å². The van der Waals surface area contributed by atoms with E-state index in [1.807, 2.05) is 18.2 Å². The minimum absolute atomic E-state index is 0.205. The first-order chi connectivity index (χ1) is 5.77. The van der Waals surface area contributed by atoms with Crippen molar-refractivity contribution in [3.05, 3.63) is 29.3 Å². The van der Waals surface area contributed by atoms with Gasteiger partial charge >= 0.3 is 0 Å². The average Bonchev–Trinajstić information content (AvgIpc) is 2.08. The van der Waals surface area contributed by atoms with Crippen molar-refractivity contribution in [1.82, 2.24) is 0 Å². The molecule has 0 atom stereocenters. The van der Waals surface area contributed by atoms with E-state index in [-0.39, 0.29) is 6.61 Å². The van der Waals surface area contributed by atoms with Crippen LogP contribution < -0.4 is 5.73 Å². The molecule has 0 unspecified atom stereocenters. The summed E-state index contributed by atoms with van der Waals surface area (Å²) in [5.74, 6) is 0. The van der Waals surface area contributed by atoms with Crippen LogP contribution in [0.4, 0.5) is 5.69 Å². The third-order valence-corrected chi connectivity index (χ3v) is 1.99. The lowest BCUT2D eigenvalue weighted by molar-refractivity contribution is 0.299. The maximum atomic E-state index is 8.78. The third kappa shape index (κ3) is 1.98. The van der Waals surface area contributed by atoms with Gasteiger partial charge in [-0.15, -0.1) is 0 Å². The van der Waals surface area contributed by atoms with Crippen molar-refractivity contribution in [3.63, 3.8) is 0 Å². The zero-order valence-corrected chi connectivity index (χ0v) is 7.38. The van der Waals surface area contributed by atoms with Crippen LogP contribution in [0.1, 0.15) is 18.1 Å². The summed E-state index contributed by atoms with van der Waals surface area (Å²) >= 11 is 0. The minimum atomic E-state index is 0.205. The van der Waals surface area contributed by atoms with Gasteiger partial charge in [0.05, 0.1) is 0 Å². The molecule has 0 aliphatic carbocycles. The maximum absolute atomic E-state index is 8.78. The van der Waals surface area contributed by atoms with Crippen LogP contribution in [-0.2, 0) is 12.8 Å². The highest BCUT2D eigenvalue weighted by Crippen LogP contribution is 2.14. The number of hydrogen-bond acceptors (Lipinski definition) is 2. The molecule has 0 fully saturated rings. The van der Waals surface area contributed by atoms with Gasteiger partial charge in [-0.25, -0.2) is 0 Å². The summed E-state index contributed by atoms with van der Waals surface area (Å²) < 4.78 is 0. The summed E-state index contributed by atoms with van der Waals surface area (Å²) in [5, 5.41) is 8.78. The van der Waals surface area contributed by atoms with E-state index in [0.29, 0.717) is 0 Å². The summed E-state index contributed by atoms with van der Waals surface area (Å²) in [6, 6.07) is 5.85. The second-order valence-electron chi connectivity index (χ2n) is 2.86. The molecule has 0 aliphatic rings. The lowest BCUT2D eigenvalue weighted by Crippen LogP contribution is -1.98. The van der Waals surface area contributed by atoms with Gasteiger partial charge in [0.1, 0.15) is 0 Å². The number of anilines is 1. The number of aliphatic hydroxyl groups is 1. The molecule has 0 radical (unpaired) electrons. The molecule has 0 saturated carbocycles. The van der Waals surface area contributed by atoms with Gasteiger partial charge in [0.2, 0.25) is 0 Å². The van der Waals surface area contributed by atoms with Crippen molar-refractivity contribution in [2.24, 2.45) is 0 Å². The van der Waals surface area contributed by atoms with E-state index in [0.717, 1.165) is 18.5 Å². The number of rotatable bonds is 3. The molecule has 0 heterocycles. The van der Waals surface area contributed by atoms with Crippen LogP contribution >= 0.6 is 0 Å². The van der Waals surface area contributed by atoms with E-state index in [9.17, 15) is 0 Å². The quantitative estimate of drug-likeness (QED) is 0.664. The van der Waals surface area contributed by atoms with E-state index in [4.69, 9.17) is 10.8 Å². The van der Waals surface area contributed by atoms with Crippen molar-refractivity contribution in [2.45, 2.75) is 19.8 Å². The molecule has 0 bridgehead atoms. The van der Waals surface area contributed by atoms with Crippen LogP contribution in [0.25, 0.3) is 0 Å². The number of aliphatic hydroxyl groups excluding tert-OH is 1. The Morgan fingerprint density at radius 2 is 2.08 bits per heavy atom. The second-order valence-corrected chi connectivity index (χ2v) is 2.86. The van der Waals surface area contributed by atoms with Crippen molar-refractivity contribution in [3.8, 4) is 0 Å². The molecule has 1 aromatic carbocycles. The highest BCUT2D eigenvalue weighted by molar-refractivity contribution is 5.44. The first-order valence-corrected chi connectivity index (χ1v) is 4.26. The standard InChI is InChI=1S/C10H15NO/c1-2-8-7-10(11)4-3-9(8)5-6-12/h3-4,7,12H,2,5-6,11H2,1H3. The van der Waals surface area contributed by atoms with Crippen LogP contribution in [0, 0.1) is 0 Å². The van der Waals surface area contributed by atoms with Crippen molar-refractivity contribution >= 4 is 5.69 Å². The van der Waals surface area contributed by atoms with Gasteiger partial charge in [0, 0.05) is 12.3 Å². The van der Waals surface area contributed by atoms with Gasteiger partial charge in [-0.3, -0.25) is 0 Å². The van der Waals surface area contributed by atoms with Gasteiger partial charge < -0.3 is 10.8 Å². The number of aryl methyl sites for hydroxylation is 1. The lowest BCUT2D eigenvalue weighted by atomic mass is 10.0. The first-order valence-electron chi connectivity index (χ1n) is 4.26. The Hall–Kier alpha value is -1.02. The average molecular weight is 165 g/mol. The Morgan fingerprint density at radius 3 is 2.67 bits per heavy atom. The lowest BCUT2D eigenvalue weighted by Gasteiger charge is -2.06. The highest BCUT2D eigenvalue weighted by atomic mass is 16.2. The Morgan fingerprint density at radius 1 is 1.33 bits per heavy atom. The Balaban J connectivity index is 2.94. The van der Waals surface area contributed by atoms with Crippen LogP contribution in [0.15, 0.2) is 18.2 Å². The monoisotopic (exact) mass is 165 g/mol. The molecule has 0 aromatic heterocycles. The molecule has 0 spiro atoms. The third-order valence-electron chi connectivity index (χ3n) is 1.99. The number of hydrogen-bond donors (Lipinski definition) is 2. The Kier molecular flexibility index (Phi) is 3.11. The van der Waals surface area contributed by atoms with Crippen LogP contribution in [0.3, 0.4) is 0 Å². The summed E-state index contributed by atoms with van der Waals surface area (Å²) in [4.78, 5) is 0. The fourth-order valence-corrected chi connectivity index (χ4v) is 1.34. The summed E-state index contributed by atoms with van der Waals surface area (Å²) in [7, 11) is 0. The fourth-order valence-electron chi connectivity index (χ4n) is 1.34. The fraction of sp³-hybridized carbons (Fsp3) is 0.400. The van der Waals surface area contributed by atoms with E-state index in [2.05, 4.69) is 6.92 Å². The molecule has 2 nitrogen and oxygen atoms in total. The maximum Gasteiger partial charge on any atom is 0.0471 e. The summed E-state index contributed by atoms with van der Waals surface area (Å²) in [5.41, 5.74) is 8.88. The molecule has 0 amide bonds. The van der Waals surface area contributed by atoms with Crippen molar-refractivity contribution in [2.75, 3.05) is 12.3 Å². The topological polar surface area (TPSA) is 46.2 Å². The smallest absolute Gasteiger partial charge is 0.0471 e. The van der Waals surface area contributed by atoms with Gasteiger partial charge in [0.25, 0.3) is 0 Å². The van der Waals surface area contributed by atoms with Crippen LogP contribution in [0.2, 0.25) is 0 Å². The first kappa shape index (κ1) is 9.07. The molecule has 12 heavy (non-hydrogen) atoms. The van der Waals surface area contributed by atoms with Crippen LogP contribution in [-0.4, -0.2) is 11.7 Å². The molecular weight excluding hydrogens is 150 g/mol. The van der Waals surface area contributed by atoms with Gasteiger partial charge in [0.15, 0.2) is 0 Å². The molecule has 66 valence electrons. The second kappa shape index (κ2) is 4.12. The molecule has 3 N–H and O–H groups in total. The number of nitrogens with two attached hydrogens (primary N) is 1. The predicted octanol–water partition coefficient (Wildman–Crippen LogP) is 1.37. The van der Waals surface area contributed by atoms with E-state index in [1.165, 1.54) is 11.1 Å². The molecule has 1 aromatic rings. The molecule has 2 heteroatoms. The summed E-state index contributed by atoms with van der Waals surface area (Å²) in [6.45, 7) is 2.30. The normalized spacial score (nSPS) is 10.2. The van der Waals surface area contributed by atoms with E-state index in [1.54, 1.807) is 0 Å². The Labute approximate surface area is 73.0 Å².